The summed E-state index contributed by atoms with van der Waals surface area (Å²) in [5.41, 5.74) is 1.38. The van der Waals surface area contributed by atoms with E-state index in [-0.39, 0.29) is 0 Å². The summed E-state index contributed by atoms with van der Waals surface area (Å²) in [6, 6.07) is 17.0. The van der Waals surface area contributed by atoms with Gasteiger partial charge in [0.1, 0.15) is 11.4 Å². The van der Waals surface area contributed by atoms with Crippen LogP contribution >= 0.6 is 0 Å². The Morgan fingerprint density at radius 3 is 2.68 bits per heavy atom. The fraction of sp³-hybridized carbons (Fsp3) is 0.259. The number of benzene rings is 2. The molecule has 0 fully saturated rings. The minimum atomic E-state index is -1.52. The van der Waals surface area contributed by atoms with Crippen LogP contribution in [0.3, 0.4) is 0 Å². The van der Waals surface area contributed by atoms with Gasteiger partial charge in [0.05, 0.1) is 42.7 Å². The summed E-state index contributed by atoms with van der Waals surface area (Å²) in [7, 11) is 5.36. The minimum Gasteiger partial charge on any atom is -0.481 e. The Kier molecular flexibility index (Phi) is 6.64. The van der Waals surface area contributed by atoms with Crippen LogP contribution in [0.2, 0.25) is 0 Å². The molecule has 2 heterocycles. The van der Waals surface area contributed by atoms with Crippen LogP contribution in [0.15, 0.2) is 71.5 Å². The zero-order valence-electron chi connectivity index (χ0n) is 19.3. The molecule has 4 aromatic rings. The number of rotatable bonds is 8. The van der Waals surface area contributed by atoms with Crippen LogP contribution in [0.25, 0.3) is 10.9 Å². The van der Waals surface area contributed by atoms with E-state index in [0.717, 1.165) is 5.39 Å². The van der Waals surface area contributed by atoms with Gasteiger partial charge in [-0.15, -0.1) is 0 Å². The van der Waals surface area contributed by atoms with Crippen LogP contribution in [0, 0.1) is 17.1 Å². The summed E-state index contributed by atoms with van der Waals surface area (Å²) in [5.74, 6) is -0.789. The van der Waals surface area contributed by atoms with Crippen molar-refractivity contribution < 1.29 is 18.7 Å². The number of aromatic nitrogens is 1. The fourth-order valence-electron chi connectivity index (χ4n) is 4.37. The molecule has 0 aliphatic heterocycles. The third kappa shape index (κ3) is 4.51. The molecule has 4 rings (SSSR count). The second-order valence-corrected chi connectivity index (χ2v) is 8.58. The lowest BCUT2D eigenvalue weighted by molar-refractivity contribution is 0.00339. The standard InChI is InChI=1S/C27H26FN3O3/c1-31(2)11-10-27(32,21-5-4-6-22(28)15-21)25(19-9-12-34-17-19)23-14-20-13-18(16-29)7-8-24(20)30-26(23)33-3/h4-9,12-15,17,25,32H,10-11H2,1-3H3. The van der Waals surface area contributed by atoms with Crippen LogP contribution in [-0.2, 0) is 5.60 Å². The molecule has 6 nitrogen and oxygen atoms in total. The van der Waals surface area contributed by atoms with Crippen LogP contribution in [-0.4, -0.2) is 42.7 Å². The van der Waals surface area contributed by atoms with Crippen molar-refractivity contribution >= 4 is 10.9 Å². The number of furan rings is 1. The maximum Gasteiger partial charge on any atom is 0.217 e. The van der Waals surface area contributed by atoms with Crippen molar-refractivity contribution in [3.8, 4) is 11.9 Å². The quantitative estimate of drug-likeness (QED) is 0.407. The predicted octanol–water partition coefficient (Wildman–Crippen LogP) is 4.82. The van der Waals surface area contributed by atoms with Crippen molar-refractivity contribution in [1.82, 2.24) is 9.88 Å². The van der Waals surface area contributed by atoms with E-state index in [1.807, 2.05) is 25.1 Å². The molecular weight excluding hydrogens is 433 g/mol. The summed E-state index contributed by atoms with van der Waals surface area (Å²) in [6.07, 6.45) is 3.41. The first-order chi connectivity index (χ1) is 16.4. The van der Waals surface area contributed by atoms with E-state index in [4.69, 9.17) is 9.15 Å². The molecule has 7 heteroatoms. The molecule has 1 N–H and O–H groups in total. The number of nitriles is 1. The monoisotopic (exact) mass is 459 g/mol. The number of pyridine rings is 1. The van der Waals surface area contributed by atoms with E-state index in [2.05, 4.69) is 11.1 Å². The van der Waals surface area contributed by atoms with Gasteiger partial charge < -0.3 is 19.2 Å². The lowest BCUT2D eigenvalue weighted by Crippen LogP contribution is -2.37. The number of hydrogen-bond acceptors (Lipinski definition) is 6. The lowest BCUT2D eigenvalue weighted by atomic mass is 9.72. The largest absolute Gasteiger partial charge is 0.481 e. The highest BCUT2D eigenvalue weighted by atomic mass is 19.1. The Labute approximate surface area is 197 Å². The Morgan fingerprint density at radius 2 is 2.03 bits per heavy atom. The van der Waals surface area contributed by atoms with Gasteiger partial charge in [-0.2, -0.15) is 5.26 Å². The van der Waals surface area contributed by atoms with Crippen molar-refractivity contribution in [3.63, 3.8) is 0 Å². The molecule has 0 bridgehead atoms. The summed E-state index contributed by atoms with van der Waals surface area (Å²) in [6.45, 7) is 0.545. The molecule has 2 aromatic carbocycles. The van der Waals surface area contributed by atoms with Gasteiger partial charge in [0.2, 0.25) is 5.88 Å². The number of methoxy groups -OCH3 is 1. The van der Waals surface area contributed by atoms with Gasteiger partial charge in [-0.1, -0.05) is 12.1 Å². The third-order valence-electron chi connectivity index (χ3n) is 6.06. The third-order valence-corrected chi connectivity index (χ3v) is 6.06. The Hall–Kier alpha value is -3.73. The highest BCUT2D eigenvalue weighted by Gasteiger charge is 2.43. The van der Waals surface area contributed by atoms with Gasteiger partial charge in [0.15, 0.2) is 0 Å². The molecule has 34 heavy (non-hydrogen) atoms. The number of halogens is 1. The van der Waals surface area contributed by atoms with Crippen molar-refractivity contribution in [2.75, 3.05) is 27.7 Å². The summed E-state index contributed by atoms with van der Waals surface area (Å²) < 4.78 is 25.4. The minimum absolute atomic E-state index is 0.304. The molecule has 2 aromatic heterocycles. The van der Waals surface area contributed by atoms with Crippen LogP contribution in [0.4, 0.5) is 4.39 Å². The zero-order chi connectivity index (χ0) is 24.3. The second kappa shape index (κ2) is 9.64. The van der Waals surface area contributed by atoms with Gasteiger partial charge in [-0.25, -0.2) is 9.37 Å². The first kappa shape index (κ1) is 23.4. The van der Waals surface area contributed by atoms with Gasteiger partial charge in [0, 0.05) is 23.1 Å². The molecule has 0 saturated carbocycles. The maximum absolute atomic E-state index is 14.3. The molecule has 174 valence electrons. The first-order valence-electron chi connectivity index (χ1n) is 10.9. The highest BCUT2D eigenvalue weighted by Crippen LogP contribution is 2.47. The Balaban J connectivity index is 2.00. The molecule has 0 amide bonds. The number of nitrogens with zero attached hydrogens (tertiary/aromatic N) is 3. The maximum atomic E-state index is 14.3. The Morgan fingerprint density at radius 1 is 1.21 bits per heavy atom. The summed E-state index contributed by atoms with van der Waals surface area (Å²) >= 11 is 0. The molecule has 2 unspecified atom stereocenters. The topological polar surface area (TPSA) is 82.5 Å². The van der Waals surface area contributed by atoms with E-state index >= 15 is 0 Å². The van der Waals surface area contributed by atoms with Crippen LogP contribution in [0.1, 0.15) is 34.6 Å². The number of hydrogen-bond donors (Lipinski definition) is 1. The fourth-order valence-corrected chi connectivity index (χ4v) is 4.37. The smallest absolute Gasteiger partial charge is 0.217 e. The predicted molar refractivity (Wildman–Crippen MR) is 127 cm³/mol. The SMILES string of the molecule is COc1nc2ccc(C#N)cc2cc1C(c1ccoc1)C(O)(CCN(C)C)c1cccc(F)c1. The number of fused-ring (bicyclic) bond motifs is 1. The molecular formula is C27H26FN3O3. The lowest BCUT2D eigenvalue weighted by Gasteiger charge is -2.38. The summed E-state index contributed by atoms with van der Waals surface area (Å²) in [5, 5.41) is 22.5. The molecule has 0 radical (unpaired) electrons. The summed E-state index contributed by atoms with van der Waals surface area (Å²) in [4.78, 5) is 6.63. The van der Waals surface area contributed by atoms with Crippen molar-refractivity contribution in [3.05, 3.63) is 95.2 Å². The molecule has 0 saturated heterocycles. The van der Waals surface area contributed by atoms with Crippen LogP contribution in [0.5, 0.6) is 5.88 Å². The van der Waals surface area contributed by atoms with Crippen LogP contribution < -0.4 is 4.74 Å². The van der Waals surface area contributed by atoms with Crippen molar-refractivity contribution in [2.45, 2.75) is 17.9 Å². The Bertz CT molecular complexity index is 1330. The molecule has 0 aliphatic rings. The number of aliphatic hydroxyl groups is 1. The average molecular weight is 460 g/mol. The van der Waals surface area contributed by atoms with Gasteiger partial charge in [-0.05, 0) is 68.5 Å². The van der Waals surface area contributed by atoms with Gasteiger partial charge >= 0.3 is 0 Å². The molecule has 0 aliphatic carbocycles. The average Bonchev–Trinajstić information content (AvgIpc) is 3.36. The first-order valence-corrected chi connectivity index (χ1v) is 10.9. The number of ether oxygens (including phenoxy) is 1. The van der Waals surface area contributed by atoms with E-state index in [0.29, 0.717) is 46.6 Å². The van der Waals surface area contributed by atoms with E-state index < -0.39 is 17.3 Å². The van der Waals surface area contributed by atoms with Crippen molar-refractivity contribution in [2.24, 2.45) is 0 Å². The van der Waals surface area contributed by atoms with E-state index in [1.54, 1.807) is 42.7 Å². The zero-order valence-corrected chi connectivity index (χ0v) is 19.3. The second-order valence-electron chi connectivity index (χ2n) is 8.58. The highest BCUT2D eigenvalue weighted by molar-refractivity contribution is 5.82. The van der Waals surface area contributed by atoms with Gasteiger partial charge in [0.25, 0.3) is 0 Å². The van der Waals surface area contributed by atoms with E-state index in [9.17, 15) is 14.8 Å². The molecule has 2 atom stereocenters. The molecule has 0 spiro atoms. The normalized spacial score (nSPS) is 14.0. The van der Waals surface area contributed by atoms with Gasteiger partial charge in [-0.3, -0.25) is 0 Å². The van der Waals surface area contributed by atoms with Crippen molar-refractivity contribution in [1.29, 1.82) is 5.26 Å². The van der Waals surface area contributed by atoms with E-state index in [1.165, 1.54) is 25.5 Å².